The minimum absolute atomic E-state index is 0.143. The number of benzene rings is 1. The summed E-state index contributed by atoms with van der Waals surface area (Å²) in [6.45, 7) is -0.451. The number of nitrogen functional groups attached to an aromatic ring is 1. The molecule has 2 heterocycles. The van der Waals surface area contributed by atoms with Gasteiger partial charge in [-0.3, -0.25) is 19.5 Å². The summed E-state index contributed by atoms with van der Waals surface area (Å²) in [6, 6.07) is 9.22. The number of urea groups is 1. The molecule has 0 atom stereocenters. The first-order valence-corrected chi connectivity index (χ1v) is 9.57. The molecular weight excluding hydrogens is 394 g/mol. The van der Waals surface area contributed by atoms with Crippen molar-refractivity contribution in [3.8, 4) is 11.3 Å². The monoisotopic (exact) mass is 414 g/mol. The summed E-state index contributed by atoms with van der Waals surface area (Å²) in [4.78, 5) is 42.7. The molecule has 1 aliphatic carbocycles. The van der Waals surface area contributed by atoms with Crippen molar-refractivity contribution in [2.45, 2.75) is 37.1 Å². The number of ketones is 1. The van der Waals surface area contributed by atoms with Crippen molar-refractivity contribution in [2.75, 3.05) is 12.3 Å². The Morgan fingerprint density at radius 3 is 2.40 bits per heavy atom. The predicted octanol–water partition coefficient (Wildman–Crippen LogP) is 3.01. The number of hydrogen-bond donors (Lipinski definition) is 2. The first-order chi connectivity index (χ1) is 14.2. The zero-order chi connectivity index (χ0) is 21.5. The number of carbonyl (C=O) groups excluding carboxylic acids is 3. The quantitative estimate of drug-likeness (QED) is 0.591. The molecule has 9 heteroatoms. The summed E-state index contributed by atoms with van der Waals surface area (Å²) in [7, 11) is 0. The Hall–Kier alpha value is -3.36. The smallest absolute Gasteiger partial charge is 0.325 e. The minimum atomic E-state index is -2.84. The number of nitrogens with two attached hydrogens (primary N) is 1. The van der Waals surface area contributed by atoms with E-state index in [4.69, 9.17) is 5.73 Å². The summed E-state index contributed by atoms with van der Waals surface area (Å²) >= 11 is 0. The van der Waals surface area contributed by atoms with Crippen LogP contribution in [0.15, 0.2) is 42.6 Å². The van der Waals surface area contributed by atoms with Crippen molar-refractivity contribution in [3.63, 3.8) is 0 Å². The molecule has 1 spiro atoms. The molecule has 2 fully saturated rings. The topological polar surface area (TPSA) is 105 Å². The molecule has 2 aliphatic rings. The highest BCUT2D eigenvalue weighted by Crippen LogP contribution is 2.41. The molecule has 7 nitrogen and oxygen atoms in total. The number of nitrogens with zero attached hydrogens (tertiary/aromatic N) is 2. The van der Waals surface area contributed by atoms with E-state index in [0.717, 1.165) is 10.5 Å². The number of imide groups is 1. The van der Waals surface area contributed by atoms with Gasteiger partial charge in [-0.25, -0.2) is 13.6 Å². The molecule has 1 saturated carbocycles. The molecule has 1 saturated heterocycles. The highest BCUT2D eigenvalue weighted by molar-refractivity contribution is 6.11. The summed E-state index contributed by atoms with van der Waals surface area (Å²) in [5.41, 5.74) is 6.69. The highest BCUT2D eigenvalue weighted by Gasteiger charge is 2.55. The van der Waals surface area contributed by atoms with Gasteiger partial charge in [-0.1, -0.05) is 24.3 Å². The largest absolute Gasteiger partial charge is 0.397 e. The second kappa shape index (κ2) is 7.16. The van der Waals surface area contributed by atoms with Crippen LogP contribution in [0.1, 0.15) is 36.0 Å². The Kier molecular flexibility index (Phi) is 4.76. The third kappa shape index (κ3) is 3.51. The van der Waals surface area contributed by atoms with Crippen LogP contribution < -0.4 is 11.1 Å². The maximum Gasteiger partial charge on any atom is 0.325 e. The van der Waals surface area contributed by atoms with E-state index >= 15 is 0 Å². The molecule has 1 aliphatic heterocycles. The lowest BCUT2D eigenvalue weighted by molar-refractivity contribution is -0.135. The number of nitrogens with one attached hydrogen (secondary N) is 1. The van der Waals surface area contributed by atoms with Gasteiger partial charge < -0.3 is 11.1 Å². The van der Waals surface area contributed by atoms with Crippen LogP contribution in [-0.4, -0.2) is 45.6 Å². The van der Waals surface area contributed by atoms with Crippen LogP contribution >= 0.6 is 0 Å². The van der Waals surface area contributed by atoms with Crippen molar-refractivity contribution in [1.29, 1.82) is 0 Å². The molecule has 0 radical (unpaired) electrons. The zero-order valence-electron chi connectivity index (χ0n) is 16.0. The number of pyridine rings is 1. The number of aromatic nitrogens is 1. The molecule has 0 unspecified atom stereocenters. The van der Waals surface area contributed by atoms with E-state index in [2.05, 4.69) is 10.3 Å². The summed E-state index contributed by atoms with van der Waals surface area (Å²) < 4.78 is 26.9. The molecule has 30 heavy (non-hydrogen) atoms. The van der Waals surface area contributed by atoms with E-state index in [1.54, 1.807) is 42.6 Å². The first kappa shape index (κ1) is 19.9. The molecule has 0 bridgehead atoms. The van der Waals surface area contributed by atoms with Crippen molar-refractivity contribution >= 4 is 23.4 Å². The summed E-state index contributed by atoms with van der Waals surface area (Å²) in [5, 5.41) is 2.53. The van der Waals surface area contributed by atoms with Crippen LogP contribution in [-0.2, 0) is 4.79 Å². The summed E-state index contributed by atoms with van der Waals surface area (Å²) in [5.74, 6) is -3.88. The Labute approximate surface area is 171 Å². The maximum absolute atomic E-state index is 13.5. The van der Waals surface area contributed by atoms with Crippen molar-refractivity contribution in [2.24, 2.45) is 0 Å². The van der Waals surface area contributed by atoms with Crippen molar-refractivity contribution in [1.82, 2.24) is 15.2 Å². The molecular formula is C21H20F2N4O3. The van der Waals surface area contributed by atoms with Gasteiger partial charge in [-0.2, -0.15) is 0 Å². The number of anilines is 1. The van der Waals surface area contributed by atoms with E-state index in [1.165, 1.54) is 0 Å². The molecule has 1 aromatic carbocycles. The fourth-order valence-corrected chi connectivity index (χ4v) is 3.91. The van der Waals surface area contributed by atoms with Crippen LogP contribution in [0.2, 0.25) is 0 Å². The predicted molar refractivity (Wildman–Crippen MR) is 105 cm³/mol. The van der Waals surface area contributed by atoms with Gasteiger partial charge in [0, 0.05) is 30.2 Å². The second-order valence-corrected chi connectivity index (χ2v) is 7.70. The Morgan fingerprint density at radius 1 is 1.10 bits per heavy atom. The Morgan fingerprint density at radius 2 is 1.77 bits per heavy atom. The Bertz CT molecular complexity index is 1010. The van der Waals surface area contributed by atoms with E-state index in [0.29, 0.717) is 16.9 Å². The fourth-order valence-electron chi connectivity index (χ4n) is 3.91. The van der Waals surface area contributed by atoms with E-state index in [1.807, 2.05) is 0 Å². The zero-order valence-corrected chi connectivity index (χ0v) is 16.0. The maximum atomic E-state index is 13.5. The number of hydrogen-bond acceptors (Lipinski definition) is 5. The Balaban J connectivity index is 1.47. The number of carbonyl (C=O) groups is 3. The molecule has 1 aromatic heterocycles. The van der Waals surface area contributed by atoms with Gasteiger partial charge in [-0.05, 0) is 25.0 Å². The first-order valence-electron chi connectivity index (χ1n) is 9.57. The SMILES string of the molecule is Nc1cccnc1-c1ccc(C(=O)CN2C(=O)NC3(CCC(F)(F)CC3)C2=O)cc1. The van der Waals surface area contributed by atoms with Gasteiger partial charge in [0.1, 0.15) is 5.54 Å². The van der Waals surface area contributed by atoms with Crippen LogP contribution in [0.4, 0.5) is 19.3 Å². The number of alkyl halides is 2. The van der Waals surface area contributed by atoms with Gasteiger partial charge in [0.2, 0.25) is 5.92 Å². The van der Waals surface area contributed by atoms with Crippen molar-refractivity contribution in [3.05, 3.63) is 48.2 Å². The molecule has 156 valence electrons. The fraction of sp³-hybridized carbons (Fsp3) is 0.333. The van der Waals surface area contributed by atoms with E-state index in [-0.39, 0.29) is 12.8 Å². The van der Waals surface area contributed by atoms with E-state index in [9.17, 15) is 23.2 Å². The minimum Gasteiger partial charge on any atom is -0.397 e. The molecule has 3 amide bonds. The van der Waals surface area contributed by atoms with Gasteiger partial charge >= 0.3 is 6.03 Å². The van der Waals surface area contributed by atoms with Crippen LogP contribution in [0.3, 0.4) is 0 Å². The number of amides is 3. The lowest BCUT2D eigenvalue weighted by atomic mass is 9.80. The lowest BCUT2D eigenvalue weighted by Crippen LogP contribution is -2.51. The normalized spacial score (nSPS) is 19.7. The average molecular weight is 414 g/mol. The number of halogens is 2. The van der Waals surface area contributed by atoms with Gasteiger partial charge in [0.25, 0.3) is 5.91 Å². The second-order valence-electron chi connectivity index (χ2n) is 7.70. The highest BCUT2D eigenvalue weighted by atomic mass is 19.3. The van der Waals surface area contributed by atoms with Gasteiger partial charge in [-0.15, -0.1) is 0 Å². The summed E-state index contributed by atoms with van der Waals surface area (Å²) in [6.07, 6.45) is 0.377. The third-order valence-corrected chi connectivity index (χ3v) is 5.70. The van der Waals surface area contributed by atoms with Gasteiger partial charge in [0.05, 0.1) is 17.9 Å². The number of Topliss-reactive ketones (excluding diaryl/α,β-unsaturated/α-hetero) is 1. The third-order valence-electron chi connectivity index (χ3n) is 5.70. The van der Waals surface area contributed by atoms with Crippen molar-refractivity contribution < 1.29 is 23.2 Å². The van der Waals surface area contributed by atoms with Gasteiger partial charge in [0.15, 0.2) is 5.78 Å². The molecule has 2 aromatic rings. The molecule has 3 N–H and O–H groups in total. The number of rotatable bonds is 4. The van der Waals surface area contributed by atoms with Crippen LogP contribution in [0, 0.1) is 0 Å². The van der Waals surface area contributed by atoms with E-state index < -0.39 is 48.6 Å². The van der Waals surface area contributed by atoms with Crippen LogP contribution in [0.5, 0.6) is 0 Å². The standard InChI is InChI=1S/C21H20F2N4O3/c22-21(23)9-7-20(8-10-21)18(29)27(19(30)26-20)12-16(28)13-3-5-14(6-4-13)17-15(24)2-1-11-25-17/h1-6,11H,7-10,12,24H2,(H,26,30). The van der Waals surface area contributed by atoms with Crippen LogP contribution in [0.25, 0.3) is 11.3 Å². The average Bonchev–Trinajstić information content (AvgIpc) is 2.95. The lowest BCUT2D eigenvalue weighted by Gasteiger charge is -2.34. The molecule has 4 rings (SSSR count).